The molecule has 0 aromatic rings. The van der Waals surface area contributed by atoms with E-state index in [1.807, 2.05) is 0 Å². The topological polar surface area (TPSA) is 61.8 Å². The predicted molar refractivity (Wildman–Crippen MR) is 62.8 cm³/mol. The number of ketones is 1. The lowest BCUT2D eigenvalue weighted by molar-refractivity contribution is -0.157. The maximum atomic E-state index is 11.6. The molecule has 0 N–H and O–H groups in total. The number of esters is 1. The fourth-order valence-electron chi connectivity index (χ4n) is 2.25. The van der Waals surface area contributed by atoms with Gasteiger partial charge in [0.05, 0.1) is 13.7 Å². The second-order valence-corrected chi connectivity index (χ2v) is 4.50. The van der Waals surface area contributed by atoms with E-state index in [0.717, 1.165) is 24.8 Å². The Hall–Kier alpha value is -1.20. The van der Waals surface area contributed by atoms with Gasteiger partial charge in [0.1, 0.15) is 5.57 Å². The third-order valence-corrected chi connectivity index (χ3v) is 3.26. The summed E-state index contributed by atoms with van der Waals surface area (Å²) in [7, 11) is 1.28. The lowest BCUT2D eigenvalue weighted by Gasteiger charge is -2.23. The highest BCUT2D eigenvalue weighted by Gasteiger charge is 2.30. The molecule has 1 fully saturated rings. The van der Waals surface area contributed by atoms with Crippen molar-refractivity contribution in [2.24, 2.45) is 0 Å². The van der Waals surface area contributed by atoms with Crippen LogP contribution in [0.25, 0.3) is 0 Å². The Morgan fingerprint density at radius 3 is 2.89 bits per heavy atom. The molecule has 5 heteroatoms. The first kappa shape index (κ1) is 13.2. The van der Waals surface area contributed by atoms with Crippen LogP contribution in [0.5, 0.6) is 0 Å². The number of rotatable bonds is 4. The molecule has 0 aromatic heterocycles. The molecular weight excluding hydrogens is 236 g/mol. The largest absolute Gasteiger partial charge is 0.465 e. The molecule has 1 aliphatic carbocycles. The summed E-state index contributed by atoms with van der Waals surface area (Å²) >= 11 is 0. The minimum atomic E-state index is -0.555. The number of hydrogen-bond donors (Lipinski definition) is 0. The van der Waals surface area contributed by atoms with Crippen LogP contribution in [0.1, 0.15) is 32.1 Å². The molecule has 0 spiro atoms. The zero-order valence-electron chi connectivity index (χ0n) is 10.6. The Labute approximate surface area is 106 Å². The molecule has 2 aliphatic rings. The van der Waals surface area contributed by atoms with Crippen molar-refractivity contribution in [1.29, 1.82) is 0 Å². The summed E-state index contributed by atoms with van der Waals surface area (Å²) in [4.78, 5) is 23.1. The Balaban J connectivity index is 1.95. The second-order valence-electron chi connectivity index (χ2n) is 4.50. The smallest absolute Gasteiger partial charge is 0.341 e. The van der Waals surface area contributed by atoms with E-state index in [2.05, 4.69) is 4.74 Å². The van der Waals surface area contributed by atoms with Crippen molar-refractivity contribution in [3.05, 3.63) is 11.1 Å². The van der Waals surface area contributed by atoms with Gasteiger partial charge < -0.3 is 14.2 Å². The molecule has 1 unspecified atom stereocenters. The minimum Gasteiger partial charge on any atom is -0.465 e. The third kappa shape index (κ3) is 2.97. The van der Waals surface area contributed by atoms with Crippen molar-refractivity contribution in [2.75, 3.05) is 20.3 Å². The van der Waals surface area contributed by atoms with Crippen LogP contribution in [-0.4, -0.2) is 38.4 Å². The zero-order valence-corrected chi connectivity index (χ0v) is 10.6. The van der Waals surface area contributed by atoms with Crippen molar-refractivity contribution in [3.8, 4) is 0 Å². The van der Waals surface area contributed by atoms with Crippen LogP contribution in [-0.2, 0) is 23.8 Å². The molecule has 2 rings (SSSR count). The average Bonchev–Trinajstić information content (AvgIpc) is 2.78. The third-order valence-electron chi connectivity index (χ3n) is 3.26. The number of carbonyl (C=O) groups excluding carboxylic acids is 2. The van der Waals surface area contributed by atoms with E-state index >= 15 is 0 Å². The van der Waals surface area contributed by atoms with E-state index in [1.54, 1.807) is 0 Å². The van der Waals surface area contributed by atoms with Gasteiger partial charge in [0.15, 0.2) is 12.1 Å². The number of hydrogen-bond acceptors (Lipinski definition) is 5. The van der Waals surface area contributed by atoms with Crippen LogP contribution in [0.15, 0.2) is 11.1 Å². The van der Waals surface area contributed by atoms with Crippen molar-refractivity contribution < 1.29 is 23.8 Å². The maximum Gasteiger partial charge on any atom is 0.341 e. The Bertz CT molecular complexity index is 366. The van der Waals surface area contributed by atoms with Crippen molar-refractivity contribution in [1.82, 2.24) is 0 Å². The second kappa shape index (κ2) is 6.11. The Kier molecular flexibility index (Phi) is 4.49. The lowest BCUT2D eigenvalue weighted by atomic mass is 10.1. The normalized spacial score (nSPS) is 24.5. The van der Waals surface area contributed by atoms with Crippen molar-refractivity contribution in [2.45, 2.75) is 38.4 Å². The minimum absolute atomic E-state index is 0.148. The molecule has 100 valence electrons. The number of carbonyl (C=O) groups is 2. The van der Waals surface area contributed by atoms with E-state index in [1.165, 1.54) is 7.11 Å². The summed E-state index contributed by atoms with van der Waals surface area (Å²) < 4.78 is 15.7. The fraction of sp³-hybridized carbons (Fsp3) is 0.692. The molecule has 0 bridgehead atoms. The monoisotopic (exact) mass is 254 g/mol. The molecule has 5 nitrogen and oxygen atoms in total. The lowest BCUT2D eigenvalue weighted by Crippen LogP contribution is -2.23. The molecule has 1 heterocycles. The van der Waals surface area contributed by atoms with Gasteiger partial charge in [-0.05, 0) is 31.3 Å². The molecule has 0 saturated carbocycles. The first-order valence-corrected chi connectivity index (χ1v) is 6.29. The van der Waals surface area contributed by atoms with Gasteiger partial charge in [-0.1, -0.05) is 0 Å². The van der Waals surface area contributed by atoms with Crippen molar-refractivity contribution >= 4 is 11.8 Å². The quantitative estimate of drug-likeness (QED) is 0.560. The van der Waals surface area contributed by atoms with Crippen molar-refractivity contribution in [3.63, 3.8) is 0 Å². The summed E-state index contributed by atoms with van der Waals surface area (Å²) in [6, 6.07) is 0. The van der Waals surface area contributed by atoms with E-state index in [9.17, 15) is 9.59 Å². The van der Waals surface area contributed by atoms with Gasteiger partial charge in [-0.25, -0.2) is 4.79 Å². The van der Waals surface area contributed by atoms with Crippen LogP contribution in [0.4, 0.5) is 0 Å². The number of Topliss-reactive ketones (excluding diaryl/α,β-unsaturated/α-hetero) is 1. The first-order chi connectivity index (χ1) is 8.72. The van der Waals surface area contributed by atoms with Gasteiger partial charge >= 0.3 is 5.97 Å². The molecule has 0 radical (unpaired) electrons. The summed E-state index contributed by atoms with van der Waals surface area (Å²) in [5, 5.41) is 0. The summed E-state index contributed by atoms with van der Waals surface area (Å²) in [5.41, 5.74) is 0.911. The van der Waals surface area contributed by atoms with Gasteiger partial charge in [0, 0.05) is 13.0 Å². The molecular formula is C13H18O5. The number of methoxy groups -OCH3 is 1. The van der Waals surface area contributed by atoms with Crippen LogP contribution in [0.2, 0.25) is 0 Å². The maximum absolute atomic E-state index is 11.6. The average molecular weight is 254 g/mol. The van der Waals surface area contributed by atoms with Crippen LogP contribution in [0, 0.1) is 0 Å². The number of ether oxygens (including phenoxy) is 3. The zero-order chi connectivity index (χ0) is 13.0. The molecule has 1 aliphatic heterocycles. The van der Waals surface area contributed by atoms with Crippen LogP contribution in [0.3, 0.4) is 0 Å². The van der Waals surface area contributed by atoms with Gasteiger partial charge in [-0.2, -0.15) is 0 Å². The molecule has 0 aromatic carbocycles. The van der Waals surface area contributed by atoms with Gasteiger partial charge in [-0.3, -0.25) is 4.79 Å². The Morgan fingerprint density at radius 1 is 1.39 bits per heavy atom. The van der Waals surface area contributed by atoms with Gasteiger partial charge in [-0.15, -0.1) is 0 Å². The van der Waals surface area contributed by atoms with E-state index in [-0.39, 0.29) is 24.3 Å². The van der Waals surface area contributed by atoms with E-state index in [4.69, 9.17) is 9.47 Å². The summed E-state index contributed by atoms with van der Waals surface area (Å²) in [6.07, 6.45) is 3.77. The fourth-order valence-corrected chi connectivity index (χ4v) is 2.25. The highest BCUT2D eigenvalue weighted by atomic mass is 16.7. The molecule has 18 heavy (non-hydrogen) atoms. The standard InChI is InChI=1S/C13H18O5/c1-16-13(15)12-9(5-6-10(12)14)8-18-11-4-2-3-7-17-11/h11H,2-8H2,1H3. The highest BCUT2D eigenvalue weighted by molar-refractivity contribution is 6.19. The first-order valence-electron chi connectivity index (χ1n) is 6.29. The Morgan fingerprint density at radius 2 is 2.22 bits per heavy atom. The van der Waals surface area contributed by atoms with Gasteiger partial charge in [0.2, 0.25) is 0 Å². The van der Waals surface area contributed by atoms with E-state index < -0.39 is 5.97 Å². The SMILES string of the molecule is COC(=O)C1=C(COC2CCCCO2)CCC1=O. The van der Waals surface area contributed by atoms with Gasteiger partial charge in [0.25, 0.3) is 0 Å². The molecule has 1 atom stereocenters. The summed E-state index contributed by atoms with van der Waals surface area (Å²) in [5.74, 6) is -0.703. The van der Waals surface area contributed by atoms with Crippen LogP contribution < -0.4 is 0 Å². The summed E-state index contributed by atoms with van der Waals surface area (Å²) in [6.45, 7) is 0.993. The molecule has 0 amide bonds. The highest BCUT2D eigenvalue weighted by Crippen LogP contribution is 2.25. The molecule has 1 saturated heterocycles. The predicted octanol–water partition coefficient (Wildman–Crippen LogP) is 1.36. The van der Waals surface area contributed by atoms with Crippen LogP contribution >= 0.6 is 0 Å². The van der Waals surface area contributed by atoms with E-state index in [0.29, 0.717) is 19.4 Å².